The van der Waals surface area contributed by atoms with Gasteiger partial charge < -0.3 is 9.80 Å². The van der Waals surface area contributed by atoms with E-state index in [4.69, 9.17) is 9.97 Å². The van der Waals surface area contributed by atoms with Crippen molar-refractivity contribution >= 4 is 11.9 Å². The van der Waals surface area contributed by atoms with Gasteiger partial charge in [0, 0.05) is 48.8 Å². The molecule has 1 amide bonds. The molecule has 0 aromatic carbocycles. The Bertz CT molecular complexity index is 910. The number of hydrogen-bond donors (Lipinski definition) is 0. The van der Waals surface area contributed by atoms with Crippen LogP contribution in [0.3, 0.4) is 0 Å². The van der Waals surface area contributed by atoms with Crippen LogP contribution >= 0.6 is 0 Å². The molecule has 0 N–H and O–H groups in total. The summed E-state index contributed by atoms with van der Waals surface area (Å²) >= 11 is 0. The Morgan fingerprint density at radius 2 is 1.81 bits per heavy atom. The van der Waals surface area contributed by atoms with Gasteiger partial charge in [-0.05, 0) is 82.8 Å². The number of carbonyl (C=O) groups excluding carboxylic acids is 1. The van der Waals surface area contributed by atoms with Crippen LogP contribution in [-0.4, -0.2) is 51.4 Å². The molecule has 2 fully saturated rings. The summed E-state index contributed by atoms with van der Waals surface area (Å²) in [5, 5.41) is 0. The van der Waals surface area contributed by atoms with Gasteiger partial charge in [-0.25, -0.2) is 9.97 Å². The number of likely N-dealkylation sites (tertiary alicyclic amines) is 1. The summed E-state index contributed by atoms with van der Waals surface area (Å²) in [4.78, 5) is 32.5. The molecular weight excluding hydrogens is 386 g/mol. The molecule has 2 saturated heterocycles. The van der Waals surface area contributed by atoms with Crippen LogP contribution in [0.25, 0.3) is 0 Å². The Hall–Kier alpha value is -2.50. The number of carbonyl (C=O) groups is 1. The van der Waals surface area contributed by atoms with Crippen molar-refractivity contribution in [1.29, 1.82) is 0 Å². The zero-order chi connectivity index (χ0) is 21.0. The van der Waals surface area contributed by atoms with E-state index in [-0.39, 0.29) is 11.9 Å². The maximum absolute atomic E-state index is 13.9. The van der Waals surface area contributed by atoms with E-state index in [9.17, 15) is 4.79 Å². The standard InChI is InChI=1S/C25H33N5O/c31-24(30-18-6-4-10-20(30)14-13-19-9-3-5-15-26-19)23-21-11-1-2-12-22(21)27-25(28-23)29-16-7-8-17-29/h3,5,9,15,20H,1-2,4,6-8,10-14,16-18H2/t20-/m0/s1. The normalized spacial score (nSPS) is 21.2. The van der Waals surface area contributed by atoms with Crippen molar-refractivity contribution in [3.8, 4) is 0 Å². The van der Waals surface area contributed by atoms with Crippen LogP contribution in [0.15, 0.2) is 24.4 Å². The maximum atomic E-state index is 13.9. The van der Waals surface area contributed by atoms with Gasteiger partial charge in [-0.1, -0.05) is 6.07 Å². The minimum Gasteiger partial charge on any atom is -0.341 e. The van der Waals surface area contributed by atoms with Gasteiger partial charge in [0.25, 0.3) is 5.91 Å². The molecule has 31 heavy (non-hydrogen) atoms. The molecule has 0 spiro atoms. The van der Waals surface area contributed by atoms with Crippen molar-refractivity contribution in [2.24, 2.45) is 0 Å². The van der Waals surface area contributed by atoms with E-state index in [1.54, 1.807) is 0 Å². The van der Waals surface area contributed by atoms with E-state index < -0.39 is 0 Å². The number of hydrogen-bond acceptors (Lipinski definition) is 5. The van der Waals surface area contributed by atoms with Gasteiger partial charge in [0.1, 0.15) is 5.69 Å². The average Bonchev–Trinajstić information content (AvgIpc) is 3.38. The Morgan fingerprint density at radius 1 is 0.968 bits per heavy atom. The second-order valence-electron chi connectivity index (χ2n) is 9.21. The first-order chi connectivity index (χ1) is 15.3. The number of anilines is 1. The van der Waals surface area contributed by atoms with Crippen LogP contribution in [0, 0.1) is 0 Å². The van der Waals surface area contributed by atoms with Gasteiger partial charge in [0.05, 0.1) is 0 Å². The maximum Gasteiger partial charge on any atom is 0.273 e. The molecule has 3 aliphatic rings. The highest BCUT2D eigenvalue weighted by Crippen LogP contribution is 2.29. The molecule has 2 aliphatic heterocycles. The molecule has 6 heteroatoms. The van der Waals surface area contributed by atoms with Crippen LogP contribution in [0.4, 0.5) is 5.95 Å². The average molecular weight is 420 g/mol. The van der Waals surface area contributed by atoms with E-state index in [0.29, 0.717) is 5.69 Å². The number of aryl methyl sites for hydroxylation is 2. The van der Waals surface area contributed by atoms with Crippen LogP contribution in [0.5, 0.6) is 0 Å². The molecule has 164 valence electrons. The minimum absolute atomic E-state index is 0.131. The zero-order valence-electron chi connectivity index (χ0n) is 18.4. The summed E-state index contributed by atoms with van der Waals surface area (Å²) in [6, 6.07) is 6.35. The highest BCUT2D eigenvalue weighted by Gasteiger charge is 2.32. The first kappa shape index (κ1) is 20.4. The predicted octanol–water partition coefficient (Wildman–Crippen LogP) is 3.98. The van der Waals surface area contributed by atoms with Gasteiger partial charge in [0.2, 0.25) is 5.95 Å². The molecule has 0 bridgehead atoms. The zero-order valence-corrected chi connectivity index (χ0v) is 18.4. The van der Waals surface area contributed by atoms with Crippen LogP contribution < -0.4 is 4.90 Å². The van der Waals surface area contributed by atoms with E-state index in [2.05, 4.69) is 20.9 Å². The van der Waals surface area contributed by atoms with Gasteiger partial charge in [0.15, 0.2) is 0 Å². The second-order valence-corrected chi connectivity index (χ2v) is 9.21. The fourth-order valence-corrected chi connectivity index (χ4v) is 5.38. The largest absolute Gasteiger partial charge is 0.341 e. The lowest BCUT2D eigenvalue weighted by atomic mass is 9.92. The summed E-state index contributed by atoms with van der Waals surface area (Å²) < 4.78 is 0. The Labute approximate surface area is 185 Å². The van der Waals surface area contributed by atoms with E-state index in [1.165, 1.54) is 19.3 Å². The quantitative estimate of drug-likeness (QED) is 0.734. The van der Waals surface area contributed by atoms with E-state index >= 15 is 0 Å². The van der Waals surface area contributed by atoms with E-state index in [1.807, 2.05) is 18.3 Å². The summed E-state index contributed by atoms with van der Waals surface area (Å²) in [5.74, 6) is 0.912. The van der Waals surface area contributed by atoms with Crippen molar-refractivity contribution in [3.63, 3.8) is 0 Å². The highest BCUT2D eigenvalue weighted by molar-refractivity contribution is 5.94. The van der Waals surface area contributed by atoms with Gasteiger partial charge >= 0.3 is 0 Å². The Kier molecular flexibility index (Phi) is 6.14. The molecule has 2 aromatic rings. The molecule has 1 aliphatic carbocycles. The van der Waals surface area contributed by atoms with Gasteiger partial charge in [-0.2, -0.15) is 0 Å². The Morgan fingerprint density at radius 3 is 2.65 bits per heavy atom. The van der Waals surface area contributed by atoms with E-state index in [0.717, 1.165) is 93.9 Å². The summed E-state index contributed by atoms with van der Waals surface area (Å²) in [6.45, 7) is 2.84. The van der Waals surface area contributed by atoms with Gasteiger partial charge in [-0.3, -0.25) is 9.78 Å². The summed E-state index contributed by atoms with van der Waals surface area (Å²) in [5.41, 5.74) is 4.04. The second kappa shape index (κ2) is 9.33. The molecule has 4 heterocycles. The van der Waals surface area contributed by atoms with Crippen molar-refractivity contribution in [3.05, 3.63) is 47.0 Å². The number of nitrogens with zero attached hydrogens (tertiary/aromatic N) is 5. The number of amides is 1. The van der Waals surface area contributed by atoms with Crippen molar-refractivity contribution in [2.45, 2.75) is 76.7 Å². The lowest BCUT2D eigenvalue weighted by Crippen LogP contribution is -2.45. The lowest BCUT2D eigenvalue weighted by molar-refractivity contribution is 0.0593. The van der Waals surface area contributed by atoms with Crippen molar-refractivity contribution in [2.75, 3.05) is 24.5 Å². The number of rotatable bonds is 5. The summed E-state index contributed by atoms with van der Waals surface area (Å²) in [6.07, 6.45) is 13.6. The lowest BCUT2D eigenvalue weighted by Gasteiger charge is -2.36. The molecular formula is C25H33N5O. The van der Waals surface area contributed by atoms with Crippen LogP contribution in [-0.2, 0) is 19.3 Å². The summed E-state index contributed by atoms with van der Waals surface area (Å²) in [7, 11) is 0. The molecule has 0 saturated carbocycles. The highest BCUT2D eigenvalue weighted by atomic mass is 16.2. The van der Waals surface area contributed by atoms with Gasteiger partial charge in [-0.15, -0.1) is 0 Å². The first-order valence-electron chi connectivity index (χ1n) is 12.2. The van der Waals surface area contributed by atoms with Crippen LogP contribution in [0.2, 0.25) is 0 Å². The third kappa shape index (κ3) is 4.43. The molecule has 2 aromatic heterocycles. The fraction of sp³-hybridized carbons (Fsp3) is 0.600. The third-order valence-electron chi connectivity index (χ3n) is 7.11. The molecule has 6 nitrogen and oxygen atoms in total. The Balaban J connectivity index is 1.41. The number of piperidine rings is 1. The topological polar surface area (TPSA) is 62.2 Å². The van der Waals surface area contributed by atoms with Crippen LogP contribution in [0.1, 0.15) is 78.8 Å². The SMILES string of the molecule is O=C(c1nc(N2CCCC2)nc2c1CCCC2)N1CCCC[C@H]1CCc1ccccn1. The third-order valence-corrected chi connectivity index (χ3v) is 7.11. The molecule has 1 atom stereocenters. The van der Waals surface area contributed by atoms with Crippen molar-refractivity contribution < 1.29 is 4.79 Å². The first-order valence-corrected chi connectivity index (χ1v) is 12.2. The number of fused-ring (bicyclic) bond motifs is 1. The number of pyridine rings is 1. The fourth-order valence-electron chi connectivity index (χ4n) is 5.38. The molecule has 0 radical (unpaired) electrons. The number of aromatic nitrogens is 3. The monoisotopic (exact) mass is 419 g/mol. The molecule has 5 rings (SSSR count). The minimum atomic E-state index is 0.131. The van der Waals surface area contributed by atoms with Crippen molar-refractivity contribution in [1.82, 2.24) is 19.9 Å². The molecule has 0 unspecified atom stereocenters. The smallest absolute Gasteiger partial charge is 0.273 e. The predicted molar refractivity (Wildman–Crippen MR) is 121 cm³/mol.